The van der Waals surface area contributed by atoms with Crippen LogP contribution in [0.5, 0.6) is 0 Å². The third-order valence-electron chi connectivity index (χ3n) is 6.52. The largest absolute Gasteiger partial charge is 0.478 e. The number of carboxylic acids is 2. The topological polar surface area (TPSA) is 121 Å². The fourth-order valence-electron chi connectivity index (χ4n) is 4.89. The second kappa shape index (κ2) is 6.34. The van der Waals surface area contributed by atoms with Crippen LogP contribution in [0.3, 0.4) is 0 Å². The van der Waals surface area contributed by atoms with Crippen molar-refractivity contribution >= 4 is 17.9 Å². The van der Waals surface area contributed by atoms with Gasteiger partial charge in [-0.2, -0.15) is 0 Å². The number of carbonyl (C=O) groups excluding carboxylic acids is 1. The lowest BCUT2D eigenvalue weighted by molar-refractivity contribution is -0.224. The van der Waals surface area contributed by atoms with Crippen LogP contribution in [0.15, 0.2) is 35.5 Å². The number of aliphatic hydroxyl groups is 1. The maximum absolute atomic E-state index is 13.0. The molecule has 7 heteroatoms. The summed E-state index contributed by atoms with van der Waals surface area (Å²) in [5.74, 6) is -2.98. The zero-order valence-electron chi connectivity index (χ0n) is 15.4. The minimum Gasteiger partial charge on any atom is -0.478 e. The van der Waals surface area contributed by atoms with Gasteiger partial charge >= 0.3 is 17.9 Å². The van der Waals surface area contributed by atoms with Crippen LogP contribution in [0.4, 0.5) is 0 Å². The molecule has 1 aliphatic heterocycles. The molecule has 1 saturated carbocycles. The quantitative estimate of drug-likeness (QED) is 0.391. The molecule has 3 N–H and O–H groups in total. The van der Waals surface area contributed by atoms with Gasteiger partial charge in [-0.1, -0.05) is 18.2 Å². The first-order chi connectivity index (χ1) is 12.6. The van der Waals surface area contributed by atoms with E-state index in [0.717, 1.165) is 0 Å². The van der Waals surface area contributed by atoms with E-state index in [1.807, 2.05) is 0 Å². The van der Waals surface area contributed by atoms with Crippen LogP contribution in [-0.2, 0) is 19.1 Å². The molecular formula is C20H24O7. The number of carboxylic acid groups (broad SMARTS) is 2. The molecule has 7 nitrogen and oxygen atoms in total. The van der Waals surface area contributed by atoms with Gasteiger partial charge in [0.05, 0.1) is 5.60 Å². The Morgan fingerprint density at radius 1 is 1.30 bits per heavy atom. The third-order valence-corrected chi connectivity index (χ3v) is 6.52. The van der Waals surface area contributed by atoms with Crippen molar-refractivity contribution in [3.8, 4) is 0 Å². The SMILES string of the molecule is C/C(=C\C=C\[C@@]1(C)OC(=O)[C@]23CC=C(C(=O)O)CC[C@]2(O)[C@H]1CC3)C(=O)O. The van der Waals surface area contributed by atoms with Gasteiger partial charge in [0, 0.05) is 17.1 Å². The molecule has 3 aliphatic rings. The van der Waals surface area contributed by atoms with Crippen LogP contribution in [-0.4, -0.2) is 44.4 Å². The Morgan fingerprint density at radius 2 is 2.00 bits per heavy atom. The average Bonchev–Trinajstić information content (AvgIpc) is 2.70. The number of cyclic esters (lactones) is 1. The van der Waals surface area contributed by atoms with Crippen molar-refractivity contribution in [2.24, 2.45) is 11.3 Å². The Morgan fingerprint density at radius 3 is 2.63 bits per heavy atom. The Hall–Kier alpha value is -2.41. The Labute approximate surface area is 157 Å². The van der Waals surface area contributed by atoms with Crippen LogP contribution in [0.2, 0.25) is 0 Å². The highest BCUT2D eigenvalue weighted by Crippen LogP contribution is 2.63. The second-order valence-electron chi connectivity index (χ2n) is 7.92. The van der Waals surface area contributed by atoms with E-state index in [2.05, 4.69) is 0 Å². The summed E-state index contributed by atoms with van der Waals surface area (Å²) in [6, 6.07) is 0. The molecule has 1 saturated heterocycles. The molecule has 0 aromatic carbocycles. The van der Waals surface area contributed by atoms with Crippen molar-refractivity contribution < 1.29 is 34.4 Å². The zero-order chi connectivity index (χ0) is 20.0. The van der Waals surface area contributed by atoms with Crippen LogP contribution in [0.1, 0.15) is 46.0 Å². The Balaban J connectivity index is 1.97. The first-order valence-corrected chi connectivity index (χ1v) is 9.03. The summed E-state index contributed by atoms with van der Waals surface area (Å²) in [6.07, 6.45) is 7.63. The van der Waals surface area contributed by atoms with E-state index >= 15 is 0 Å². The summed E-state index contributed by atoms with van der Waals surface area (Å²) >= 11 is 0. The standard InChI is InChI=1S/C20H24O7/c1-12(15(21)22)4-3-8-18(2)14-7-10-19(17(25)27-18)9-5-13(16(23)24)6-11-20(14,19)26/h3-5,8,14,26H,6-7,9-11H2,1-2H3,(H,21,22)(H,23,24)/b8-3+,12-4+/t14-,18+,19+,20-/m0/s1. The third kappa shape index (κ3) is 2.81. The molecule has 0 radical (unpaired) electrons. The highest BCUT2D eigenvalue weighted by molar-refractivity contribution is 5.88. The summed E-state index contributed by atoms with van der Waals surface area (Å²) in [5.41, 5.74) is -3.21. The molecule has 0 spiro atoms. The molecule has 0 aromatic rings. The van der Waals surface area contributed by atoms with Crippen LogP contribution in [0.25, 0.3) is 0 Å². The highest BCUT2D eigenvalue weighted by atomic mass is 16.6. The summed E-state index contributed by atoms with van der Waals surface area (Å²) in [7, 11) is 0. The van der Waals surface area contributed by atoms with Crippen molar-refractivity contribution in [1.29, 1.82) is 0 Å². The molecule has 2 aliphatic carbocycles. The lowest BCUT2D eigenvalue weighted by Crippen LogP contribution is -2.63. The van der Waals surface area contributed by atoms with Crippen LogP contribution >= 0.6 is 0 Å². The zero-order valence-corrected chi connectivity index (χ0v) is 15.4. The number of rotatable bonds is 4. The molecule has 146 valence electrons. The molecule has 1 heterocycles. The minimum absolute atomic E-state index is 0.140. The molecule has 27 heavy (non-hydrogen) atoms. The Kier molecular flexibility index (Phi) is 4.54. The van der Waals surface area contributed by atoms with Crippen molar-refractivity contribution in [1.82, 2.24) is 0 Å². The molecular weight excluding hydrogens is 352 g/mol. The predicted octanol–water partition coefficient (Wildman–Crippen LogP) is 2.21. The lowest BCUT2D eigenvalue weighted by atomic mass is 9.62. The van der Waals surface area contributed by atoms with Gasteiger partial charge in [0.1, 0.15) is 11.0 Å². The lowest BCUT2D eigenvalue weighted by Gasteiger charge is -2.52. The van der Waals surface area contributed by atoms with Crippen molar-refractivity contribution in [3.63, 3.8) is 0 Å². The van der Waals surface area contributed by atoms with Gasteiger partial charge in [0.15, 0.2) is 0 Å². The summed E-state index contributed by atoms with van der Waals surface area (Å²) in [5, 5.41) is 29.8. The van der Waals surface area contributed by atoms with Gasteiger partial charge in [-0.05, 0) is 52.0 Å². The normalized spacial score (nSPS) is 38.8. The van der Waals surface area contributed by atoms with Crippen molar-refractivity contribution in [2.75, 3.05) is 0 Å². The molecule has 3 rings (SSSR count). The van der Waals surface area contributed by atoms with E-state index in [1.54, 1.807) is 19.1 Å². The maximum Gasteiger partial charge on any atom is 0.331 e. The number of ether oxygens (including phenoxy) is 1. The number of aliphatic carboxylic acids is 2. The van der Waals surface area contributed by atoms with E-state index in [4.69, 9.17) is 9.84 Å². The van der Waals surface area contributed by atoms with Crippen molar-refractivity contribution in [3.05, 3.63) is 35.5 Å². The van der Waals surface area contributed by atoms with E-state index in [1.165, 1.54) is 19.1 Å². The fraction of sp³-hybridized carbons (Fsp3) is 0.550. The van der Waals surface area contributed by atoms with E-state index in [0.29, 0.717) is 12.8 Å². The smallest absolute Gasteiger partial charge is 0.331 e. The number of hydrogen-bond donors (Lipinski definition) is 3. The maximum atomic E-state index is 13.0. The molecule has 0 unspecified atom stereocenters. The van der Waals surface area contributed by atoms with Crippen LogP contribution < -0.4 is 0 Å². The van der Waals surface area contributed by atoms with E-state index in [9.17, 15) is 24.6 Å². The first-order valence-electron chi connectivity index (χ1n) is 9.03. The van der Waals surface area contributed by atoms with Gasteiger partial charge in [-0.15, -0.1) is 0 Å². The molecule has 0 aromatic heterocycles. The second-order valence-corrected chi connectivity index (χ2v) is 7.92. The highest BCUT2D eigenvalue weighted by Gasteiger charge is 2.71. The fourth-order valence-corrected chi connectivity index (χ4v) is 4.89. The predicted molar refractivity (Wildman–Crippen MR) is 94.7 cm³/mol. The van der Waals surface area contributed by atoms with Crippen LogP contribution in [0, 0.1) is 11.3 Å². The van der Waals surface area contributed by atoms with E-state index < -0.39 is 34.5 Å². The van der Waals surface area contributed by atoms with Gasteiger partial charge in [-0.3, -0.25) is 4.79 Å². The summed E-state index contributed by atoms with van der Waals surface area (Å²) in [6.45, 7) is 3.17. The van der Waals surface area contributed by atoms with E-state index in [-0.39, 0.29) is 36.3 Å². The molecule has 0 amide bonds. The number of esters is 1. The summed E-state index contributed by atoms with van der Waals surface area (Å²) < 4.78 is 5.74. The minimum atomic E-state index is -1.36. The van der Waals surface area contributed by atoms with Crippen molar-refractivity contribution in [2.45, 2.75) is 57.2 Å². The van der Waals surface area contributed by atoms with Gasteiger partial charge in [-0.25, -0.2) is 9.59 Å². The Bertz CT molecular complexity index is 792. The number of allylic oxidation sites excluding steroid dienone is 3. The first kappa shape index (κ1) is 19.4. The molecule has 2 fully saturated rings. The monoisotopic (exact) mass is 376 g/mol. The summed E-state index contributed by atoms with van der Waals surface area (Å²) in [4.78, 5) is 35.2. The van der Waals surface area contributed by atoms with Gasteiger partial charge in [0.25, 0.3) is 0 Å². The van der Waals surface area contributed by atoms with Gasteiger partial charge < -0.3 is 20.1 Å². The number of hydrogen-bond acceptors (Lipinski definition) is 5. The average molecular weight is 376 g/mol. The van der Waals surface area contributed by atoms with Gasteiger partial charge in [0.2, 0.25) is 0 Å². The molecule has 4 atom stereocenters. The number of carbonyl (C=O) groups is 3. The molecule has 2 bridgehead atoms.